The first-order valence-corrected chi connectivity index (χ1v) is 5.96. The maximum atomic E-state index is 6.29. The van der Waals surface area contributed by atoms with Crippen molar-refractivity contribution in [1.29, 1.82) is 0 Å². The minimum Gasteiger partial charge on any atom is -0.466 e. The molecule has 1 aromatic heterocycles. The molecule has 2 nitrogen and oxygen atoms in total. The van der Waals surface area contributed by atoms with Crippen molar-refractivity contribution in [1.82, 2.24) is 0 Å². The SMILES string of the molecule is Cc1cc(C(N)c2cccc(C)c2Cl)c(C)o1. The van der Waals surface area contributed by atoms with E-state index in [0.717, 1.165) is 33.2 Å². The average molecular weight is 250 g/mol. The zero-order valence-corrected chi connectivity index (χ0v) is 11.0. The van der Waals surface area contributed by atoms with E-state index in [1.165, 1.54) is 0 Å². The first kappa shape index (κ1) is 12.2. The number of benzene rings is 1. The van der Waals surface area contributed by atoms with Crippen molar-refractivity contribution >= 4 is 11.6 Å². The third-order valence-electron chi connectivity index (χ3n) is 2.97. The fraction of sp³-hybridized carbons (Fsp3) is 0.286. The molecule has 0 saturated heterocycles. The summed E-state index contributed by atoms with van der Waals surface area (Å²) in [6.07, 6.45) is 0. The molecule has 0 spiro atoms. The summed E-state index contributed by atoms with van der Waals surface area (Å²) in [7, 11) is 0. The molecule has 2 N–H and O–H groups in total. The van der Waals surface area contributed by atoms with Gasteiger partial charge in [-0.1, -0.05) is 29.8 Å². The molecule has 90 valence electrons. The van der Waals surface area contributed by atoms with Crippen molar-refractivity contribution in [3.05, 3.63) is 57.5 Å². The van der Waals surface area contributed by atoms with E-state index < -0.39 is 0 Å². The van der Waals surface area contributed by atoms with E-state index in [1.807, 2.05) is 45.0 Å². The Morgan fingerprint density at radius 2 is 1.88 bits per heavy atom. The number of nitrogens with two attached hydrogens (primary N) is 1. The average Bonchev–Trinajstić information content (AvgIpc) is 2.61. The molecule has 0 aliphatic carbocycles. The molecule has 0 bridgehead atoms. The quantitative estimate of drug-likeness (QED) is 0.877. The lowest BCUT2D eigenvalue weighted by molar-refractivity contribution is 0.499. The molecular weight excluding hydrogens is 234 g/mol. The molecule has 2 rings (SSSR count). The van der Waals surface area contributed by atoms with Gasteiger partial charge in [-0.15, -0.1) is 0 Å². The summed E-state index contributed by atoms with van der Waals surface area (Å²) < 4.78 is 5.50. The maximum Gasteiger partial charge on any atom is 0.106 e. The topological polar surface area (TPSA) is 39.2 Å². The van der Waals surface area contributed by atoms with Gasteiger partial charge in [-0.25, -0.2) is 0 Å². The first-order chi connectivity index (χ1) is 8.00. The van der Waals surface area contributed by atoms with E-state index in [2.05, 4.69) is 0 Å². The molecule has 17 heavy (non-hydrogen) atoms. The van der Waals surface area contributed by atoms with E-state index >= 15 is 0 Å². The minimum absolute atomic E-state index is 0.236. The van der Waals surface area contributed by atoms with Gasteiger partial charge in [0.2, 0.25) is 0 Å². The van der Waals surface area contributed by atoms with Crippen LogP contribution in [0.2, 0.25) is 5.02 Å². The van der Waals surface area contributed by atoms with Crippen LogP contribution in [0.1, 0.15) is 34.3 Å². The van der Waals surface area contributed by atoms with Gasteiger partial charge in [0, 0.05) is 10.6 Å². The lowest BCUT2D eigenvalue weighted by atomic mass is 9.98. The predicted molar refractivity (Wildman–Crippen MR) is 70.4 cm³/mol. The summed E-state index contributed by atoms with van der Waals surface area (Å²) in [4.78, 5) is 0. The van der Waals surface area contributed by atoms with Gasteiger partial charge in [0.25, 0.3) is 0 Å². The standard InChI is InChI=1S/C14H16ClNO/c1-8-5-4-6-11(13(8)15)14(16)12-7-9(2)17-10(12)3/h4-7,14H,16H2,1-3H3. The van der Waals surface area contributed by atoms with Crippen molar-refractivity contribution < 1.29 is 4.42 Å². The van der Waals surface area contributed by atoms with E-state index in [9.17, 15) is 0 Å². The zero-order chi connectivity index (χ0) is 12.6. The van der Waals surface area contributed by atoms with Crippen LogP contribution < -0.4 is 5.73 Å². The Labute approximate surface area is 106 Å². The monoisotopic (exact) mass is 249 g/mol. The summed E-state index contributed by atoms with van der Waals surface area (Å²) in [6, 6.07) is 7.64. The molecular formula is C14H16ClNO. The Morgan fingerprint density at radius 3 is 2.47 bits per heavy atom. The number of hydrogen-bond donors (Lipinski definition) is 1. The van der Waals surface area contributed by atoms with Crippen LogP contribution in [0.3, 0.4) is 0 Å². The normalized spacial score (nSPS) is 12.8. The Kier molecular flexibility index (Phi) is 3.27. The van der Waals surface area contributed by atoms with Crippen LogP contribution in [0.15, 0.2) is 28.7 Å². The van der Waals surface area contributed by atoms with Gasteiger partial charge < -0.3 is 10.2 Å². The molecule has 0 radical (unpaired) electrons. The molecule has 1 aromatic carbocycles. The van der Waals surface area contributed by atoms with Gasteiger partial charge in [-0.05, 0) is 38.0 Å². The van der Waals surface area contributed by atoms with Crippen molar-refractivity contribution in [2.75, 3.05) is 0 Å². The number of hydrogen-bond acceptors (Lipinski definition) is 2. The van der Waals surface area contributed by atoms with Gasteiger partial charge in [0.05, 0.1) is 6.04 Å². The largest absolute Gasteiger partial charge is 0.466 e. The molecule has 2 aromatic rings. The van der Waals surface area contributed by atoms with Gasteiger partial charge >= 0.3 is 0 Å². The third-order valence-corrected chi connectivity index (χ3v) is 3.49. The highest BCUT2D eigenvalue weighted by atomic mass is 35.5. The molecule has 0 saturated carbocycles. The molecule has 3 heteroatoms. The maximum absolute atomic E-state index is 6.29. The number of halogens is 1. The van der Waals surface area contributed by atoms with Crippen molar-refractivity contribution in [3.8, 4) is 0 Å². The predicted octanol–water partition coefficient (Wildman–Crippen LogP) is 3.91. The Balaban J connectivity index is 2.47. The molecule has 0 amide bonds. The first-order valence-electron chi connectivity index (χ1n) is 5.58. The van der Waals surface area contributed by atoms with Crippen molar-refractivity contribution in [2.45, 2.75) is 26.8 Å². The highest BCUT2D eigenvalue weighted by Gasteiger charge is 2.18. The van der Waals surface area contributed by atoms with Crippen molar-refractivity contribution in [3.63, 3.8) is 0 Å². The molecule has 1 unspecified atom stereocenters. The van der Waals surface area contributed by atoms with Crippen LogP contribution in [-0.2, 0) is 0 Å². The molecule has 0 aliphatic heterocycles. The molecule has 1 heterocycles. The number of rotatable bonds is 2. The van der Waals surface area contributed by atoms with Crippen LogP contribution in [0, 0.1) is 20.8 Å². The smallest absolute Gasteiger partial charge is 0.106 e. The van der Waals surface area contributed by atoms with E-state index in [1.54, 1.807) is 0 Å². The zero-order valence-electron chi connectivity index (χ0n) is 10.3. The fourth-order valence-corrected chi connectivity index (χ4v) is 2.28. The van der Waals surface area contributed by atoms with Crippen LogP contribution in [0.5, 0.6) is 0 Å². The van der Waals surface area contributed by atoms with Crippen LogP contribution in [-0.4, -0.2) is 0 Å². The Hall–Kier alpha value is -1.25. The minimum atomic E-state index is -0.236. The summed E-state index contributed by atoms with van der Waals surface area (Å²) >= 11 is 6.29. The van der Waals surface area contributed by atoms with E-state index in [-0.39, 0.29) is 6.04 Å². The summed E-state index contributed by atoms with van der Waals surface area (Å²) in [5, 5.41) is 0.734. The van der Waals surface area contributed by atoms with Crippen LogP contribution in [0.25, 0.3) is 0 Å². The second kappa shape index (κ2) is 4.55. The molecule has 1 atom stereocenters. The summed E-state index contributed by atoms with van der Waals surface area (Å²) in [5.41, 5.74) is 9.23. The van der Waals surface area contributed by atoms with Gasteiger partial charge in [-0.3, -0.25) is 0 Å². The summed E-state index contributed by atoms with van der Waals surface area (Å²) in [5.74, 6) is 1.73. The summed E-state index contributed by atoms with van der Waals surface area (Å²) in [6.45, 7) is 5.82. The van der Waals surface area contributed by atoms with Crippen LogP contribution >= 0.6 is 11.6 Å². The highest BCUT2D eigenvalue weighted by Crippen LogP contribution is 2.31. The molecule has 0 aliphatic rings. The van der Waals surface area contributed by atoms with Gasteiger partial charge in [0.15, 0.2) is 0 Å². The Bertz CT molecular complexity index is 545. The number of furan rings is 1. The van der Waals surface area contributed by atoms with E-state index in [4.69, 9.17) is 21.8 Å². The highest BCUT2D eigenvalue weighted by molar-refractivity contribution is 6.32. The van der Waals surface area contributed by atoms with Gasteiger partial charge in [0.1, 0.15) is 11.5 Å². The third kappa shape index (κ3) is 2.24. The van der Waals surface area contributed by atoms with Crippen LogP contribution in [0.4, 0.5) is 0 Å². The lowest BCUT2D eigenvalue weighted by Crippen LogP contribution is -2.13. The Morgan fingerprint density at radius 1 is 1.18 bits per heavy atom. The van der Waals surface area contributed by atoms with Gasteiger partial charge in [-0.2, -0.15) is 0 Å². The second-order valence-electron chi connectivity index (χ2n) is 4.32. The lowest BCUT2D eigenvalue weighted by Gasteiger charge is -2.14. The second-order valence-corrected chi connectivity index (χ2v) is 4.70. The number of aryl methyl sites for hydroxylation is 3. The van der Waals surface area contributed by atoms with Crippen molar-refractivity contribution in [2.24, 2.45) is 5.73 Å². The van der Waals surface area contributed by atoms with E-state index in [0.29, 0.717) is 0 Å². The molecule has 0 fully saturated rings. The fourth-order valence-electron chi connectivity index (χ4n) is 2.04.